The van der Waals surface area contributed by atoms with Crippen molar-refractivity contribution in [3.05, 3.63) is 29.6 Å². The summed E-state index contributed by atoms with van der Waals surface area (Å²) in [7, 11) is 1.87. The van der Waals surface area contributed by atoms with E-state index in [0.717, 1.165) is 36.1 Å². The van der Waals surface area contributed by atoms with E-state index < -0.39 is 23.3 Å². The number of aryl methyl sites for hydroxylation is 1. The summed E-state index contributed by atoms with van der Waals surface area (Å²) in [6, 6.07) is 5.21. The molecule has 3 rings (SSSR count). The van der Waals surface area contributed by atoms with Gasteiger partial charge in [-0.25, -0.2) is 14.6 Å². The van der Waals surface area contributed by atoms with Crippen molar-refractivity contribution >= 4 is 29.0 Å². The van der Waals surface area contributed by atoms with Crippen molar-refractivity contribution in [1.29, 1.82) is 0 Å². The van der Waals surface area contributed by atoms with Crippen molar-refractivity contribution in [1.82, 2.24) is 20.2 Å². The van der Waals surface area contributed by atoms with Crippen molar-refractivity contribution in [2.75, 3.05) is 13.2 Å². The number of carbonyl (C=O) groups excluding carboxylic acids is 3. The number of ether oxygens (including phenoxy) is 2. The maximum atomic E-state index is 12.5. The molecule has 0 radical (unpaired) electrons. The molecule has 31 heavy (non-hydrogen) atoms. The van der Waals surface area contributed by atoms with E-state index in [-0.39, 0.29) is 18.9 Å². The lowest BCUT2D eigenvalue weighted by molar-refractivity contribution is 0.0361. The van der Waals surface area contributed by atoms with E-state index in [9.17, 15) is 14.4 Å². The van der Waals surface area contributed by atoms with Gasteiger partial charge >= 0.3 is 12.2 Å². The fraction of sp³-hybridized carbons (Fsp3) is 0.545. The van der Waals surface area contributed by atoms with Gasteiger partial charge in [-0.15, -0.1) is 0 Å². The van der Waals surface area contributed by atoms with Crippen molar-refractivity contribution in [3.63, 3.8) is 0 Å². The van der Waals surface area contributed by atoms with E-state index in [1.54, 1.807) is 25.1 Å². The molecule has 0 spiro atoms. The van der Waals surface area contributed by atoms with Gasteiger partial charge in [0.1, 0.15) is 17.0 Å². The molecule has 9 heteroatoms. The van der Waals surface area contributed by atoms with Crippen LogP contribution in [0.15, 0.2) is 18.2 Å². The van der Waals surface area contributed by atoms with Gasteiger partial charge in [0.2, 0.25) is 0 Å². The predicted molar refractivity (Wildman–Crippen MR) is 115 cm³/mol. The van der Waals surface area contributed by atoms with Crippen LogP contribution >= 0.6 is 0 Å². The van der Waals surface area contributed by atoms with Crippen molar-refractivity contribution < 1.29 is 23.9 Å². The zero-order valence-electron chi connectivity index (χ0n) is 18.7. The Balaban J connectivity index is 1.83. The quantitative estimate of drug-likeness (QED) is 0.680. The van der Waals surface area contributed by atoms with Crippen LogP contribution in [-0.4, -0.2) is 46.3 Å². The number of fused-ring (bicyclic) bond motifs is 1. The highest BCUT2D eigenvalue weighted by Crippen LogP contribution is 2.41. The normalized spacial score (nSPS) is 15.1. The van der Waals surface area contributed by atoms with Crippen LogP contribution in [0.5, 0.6) is 0 Å². The molecule has 0 aliphatic heterocycles. The van der Waals surface area contributed by atoms with E-state index >= 15 is 0 Å². The number of hydrogen-bond donors (Lipinski definition) is 2. The lowest BCUT2D eigenvalue weighted by Crippen LogP contribution is -2.53. The van der Waals surface area contributed by atoms with Gasteiger partial charge in [-0.2, -0.15) is 0 Å². The van der Waals surface area contributed by atoms with Crippen LogP contribution < -0.4 is 10.6 Å². The molecule has 1 saturated carbocycles. The summed E-state index contributed by atoms with van der Waals surface area (Å²) in [6.07, 6.45) is 1.40. The van der Waals surface area contributed by atoms with Gasteiger partial charge in [0.15, 0.2) is 5.78 Å². The molecule has 168 valence electrons. The maximum Gasteiger partial charge on any atom is 0.408 e. The van der Waals surface area contributed by atoms with Gasteiger partial charge in [0, 0.05) is 12.6 Å². The number of ketones is 1. The molecule has 1 aromatic heterocycles. The molecule has 1 heterocycles. The number of amides is 2. The lowest BCUT2D eigenvalue weighted by atomic mass is 9.76. The fourth-order valence-electron chi connectivity index (χ4n) is 3.66. The Morgan fingerprint density at radius 1 is 1.19 bits per heavy atom. The molecule has 9 nitrogen and oxygen atoms in total. The predicted octanol–water partition coefficient (Wildman–Crippen LogP) is 3.41. The molecule has 0 atom stereocenters. The second-order valence-corrected chi connectivity index (χ2v) is 8.76. The Morgan fingerprint density at radius 2 is 1.90 bits per heavy atom. The zero-order valence-corrected chi connectivity index (χ0v) is 18.7. The number of Topliss-reactive ketones (excluding diaryl/α,β-unsaturated/α-hetero) is 1. The molecule has 1 aliphatic rings. The number of rotatable bonds is 6. The molecule has 0 saturated heterocycles. The minimum atomic E-state index is -0.625. The van der Waals surface area contributed by atoms with Gasteiger partial charge < -0.3 is 24.7 Å². The Hall–Kier alpha value is -3.10. The van der Waals surface area contributed by atoms with Crippen LogP contribution in [0.2, 0.25) is 0 Å². The second-order valence-electron chi connectivity index (χ2n) is 8.76. The van der Waals surface area contributed by atoms with Gasteiger partial charge in [0.05, 0.1) is 24.2 Å². The van der Waals surface area contributed by atoms with Crippen molar-refractivity contribution in [2.45, 2.75) is 58.1 Å². The summed E-state index contributed by atoms with van der Waals surface area (Å²) < 4.78 is 12.1. The number of nitrogens with zero attached hydrogens (tertiary/aromatic N) is 2. The monoisotopic (exact) mass is 430 g/mol. The van der Waals surface area contributed by atoms with Crippen LogP contribution in [0, 0.1) is 0 Å². The highest BCUT2D eigenvalue weighted by atomic mass is 16.6. The van der Waals surface area contributed by atoms with E-state index in [2.05, 4.69) is 10.6 Å². The van der Waals surface area contributed by atoms with Gasteiger partial charge in [-0.1, -0.05) is 0 Å². The smallest absolute Gasteiger partial charge is 0.408 e. The van der Waals surface area contributed by atoms with Gasteiger partial charge in [-0.3, -0.25) is 4.79 Å². The highest BCUT2D eigenvalue weighted by Gasteiger charge is 2.44. The van der Waals surface area contributed by atoms with Crippen LogP contribution in [0.1, 0.15) is 63.1 Å². The first-order valence-corrected chi connectivity index (χ1v) is 10.5. The minimum Gasteiger partial charge on any atom is -0.450 e. The zero-order chi connectivity index (χ0) is 22.8. The first-order valence-electron chi connectivity index (χ1n) is 10.5. The number of aromatic nitrogens is 2. The maximum absolute atomic E-state index is 12.5. The Labute approximate surface area is 181 Å². The summed E-state index contributed by atoms with van der Waals surface area (Å²) in [6.45, 7) is 7.25. The number of hydrogen-bond acceptors (Lipinski definition) is 6. The summed E-state index contributed by atoms with van der Waals surface area (Å²) in [5.74, 6) is 0.497. The summed E-state index contributed by atoms with van der Waals surface area (Å²) in [5.41, 5.74) is 0.778. The molecule has 1 fully saturated rings. The van der Waals surface area contributed by atoms with Crippen LogP contribution in [-0.2, 0) is 22.1 Å². The first kappa shape index (κ1) is 22.6. The standard InChI is InChI=1S/C22H30N4O5/c1-6-30-19(28)23-13-17(27)14-8-9-15-16(12-14)26(5)18(24-15)22(10-7-11-22)25-20(29)31-21(2,3)4/h8-9,12H,6-7,10-11,13H2,1-5H3,(H,23,28)(H,25,29). The van der Waals surface area contributed by atoms with Crippen molar-refractivity contribution in [3.8, 4) is 0 Å². The molecule has 2 aromatic rings. The topological polar surface area (TPSA) is 112 Å². The number of nitrogens with one attached hydrogen (secondary N) is 2. The SMILES string of the molecule is CCOC(=O)NCC(=O)c1ccc2nc(C3(NC(=O)OC(C)(C)C)CCC3)n(C)c2c1. The fourth-order valence-corrected chi connectivity index (χ4v) is 3.66. The third kappa shape index (κ3) is 4.98. The molecule has 2 amide bonds. The van der Waals surface area contributed by atoms with E-state index in [4.69, 9.17) is 14.5 Å². The Morgan fingerprint density at radius 3 is 2.48 bits per heavy atom. The minimum absolute atomic E-state index is 0.154. The summed E-state index contributed by atoms with van der Waals surface area (Å²) in [4.78, 5) is 41.1. The number of benzene rings is 1. The number of imidazole rings is 1. The van der Waals surface area contributed by atoms with Gasteiger partial charge in [0.25, 0.3) is 0 Å². The third-order valence-electron chi connectivity index (χ3n) is 5.25. The highest BCUT2D eigenvalue weighted by molar-refractivity contribution is 6.01. The summed E-state index contributed by atoms with van der Waals surface area (Å²) in [5, 5.41) is 5.45. The lowest BCUT2D eigenvalue weighted by Gasteiger charge is -2.41. The molecule has 2 N–H and O–H groups in total. The van der Waals surface area contributed by atoms with Gasteiger partial charge in [-0.05, 0) is 65.2 Å². The molecular formula is C22H30N4O5. The van der Waals surface area contributed by atoms with E-state index in [1.165, 1.54) is 0 Å². The number of carbonyl (C=O) groups is 3. The second kappa shape index (κ2) is 8.56. The van der Waals surface area contributed by atoms with Crippen LogP contribution in [0.4, 0.5) is 9.59 Å². The summed E-state index contributed by atoms with van der Waals surface area (Å²) >= 11 is 0. The third-order valence-corrected chi connectivity index (χ3v) is 5.25. The largest absolute Gasteiger partial charge is 0.450 e. The molecule has 1 aliphatic carbocycles. The van der Waals surface area contributed by atoms with E-state index in [0.29, 0.717) is 5.56 Å². The van der Waals surface area contributed by atoms with E-state index in [1.807, 2.05) is 32.4 Å². The Kier molecular flexibility index (Phi) is 6.24. The average molecular weight is 431 g/mol. The first-order chi connectivity index (χ1) is 14.5. The average Bonchev–Trinajstić information content (AvgIpc) is 2.98. The number of alkyl carbamates (subject to hydrolysis) is 2. The molecule has 0 bridgehead atoms. The van der Waals surface area contributed by atoms with Crippen LogP contribution in [0.25, 0.3) is 11.0 Å². The molecular weight excluding hydrogens is 400 g/mol. The molecule has 0 unspecified atom stereocenters. The molecule has 1 aromatic carbocycles. The van der Waals surface area contributed by atoms with Crippen LogP contribution in [0.3, 0.4) is 0 Å². The Bertz CT molecular complexity index is 1000. The van der Waals surface area contributed by atoms with Crippen molar-refractivity contribution in [2.24, 2.45) is 7.05 Å².